The predicted molar refractivity (Wildman–Crippen MR) is 103 cm³/mol. The monoisotopic (exact) mass is 346 g/mol. The molecule has 0 bridgehead atoms. The number of aromatic hydroxyl groups is 1. The zero-order valence-corrected chi connectivity index (χ0v) is 14.9. The Morgan fingerprint density at radius 1 is 0.923 bits per heavy atom. The lowest BCUT2D eigenvalue weighted by molar-refractivity contribution is 0.348. The van der Waals surface area contributed by atoms with E-state index in [0.29, 0.717) is 23.5 Å². The maximum atomic E-state index is 13.3. The molecule has 0 fully saturated rings. The second kappa shape index (κ2) is 6.95. The largest absolute Gasteiger partial charge is 0.508 e. The summed E-state index contributed by atoms with van der Waals surface area (Å²) in [5, 5.41) is 9.62. The van der Waals surface area contributed by atoms with Gasteiger partial charge in [0, 0.05) is 0 Å². The van der Waals surface area contributed by atoms with Crippen LogP contribution in [0.4, 0.5) is 4.39 Å². The van der Waals surface area contributed by atoms with Crippen LogP contribution in [0.1, 0.15) is 41.0 Å². The van der Waals surface area contributed by atoms with E-state index in [2.05, 4.69) is 31.2 Å². The van der Waals surface area contributed by atoms with E-state index in [1.54, 1.807) is 24.3 Å². The Labute approximate surface area is 154 Å². The van der Waals surface area contributed by atoms with Crippen molar-refractivity contribution in [3.05, 3.63) is 101 Å². The number of benzene rings is 3. The Morgan fingerprint density at radius 3 is 2.35 bits per heavy atom. The van der Waals surface area contributed by atoms with Crippen molar-refractivity contribution in [1.82, 2.24) is 0 Å². The third-order valence-electron chi connectivity index (χ3n) is 5.85. The van der Waals surface area contributed by atoms with Gasteiger partial charge in [0.15, 0.2) is 0 Å². The van der Waals surface area contributed by atoms with E-state index < -0.39 is 0 Å². The lowest BCUT2D eigenvalue weighted by Crippen LogP contribution is -2.27. The molecule has 0 spiro atoms. The van der Waals surface area contributed by atoms with Crippen LogP contribution in [-0.4, -0.2) is 5.11 Å². The molecule has 1 nitrogen and oxygen atoms in total. The van der Waals surface area contributed by atoms with Crippen LogP contribution in [0, 0.1) is 11.7 Å². The topological polar surface area (TPSA) is 20.2 Å². The second-order valence-corrected chi connectivity index (χ2v) is 7.40. The van der Waals surface area contributed by atoms with Gasteiger partial charge in [-0.25, -0.2) is 4.39 Å². The molecular weight excluding hydrogens is 323 g/mol. The van der Waals surface area contributed by atoms with Gasteiger partial charge >= 0.3 is 0 Å². The van der Waals surface area contributed by atoms with Crippen LogP contribution in [0.5, 0.6) is 5.75 Å². The molecule has 1 aliphatic carbocycles. The van der Waals surface area contributed by atoms with Crippen molar-refractivity contribution in [3.8, 4) is 5.75 Å². The second-order valence-electron chi connectivity index (χ2n) is 7.40. The van der Waals surface area contributed by atoms with Crippen molar-refractivity contribution in [3.63, 3.8) is 0 Å². The number of hydrogen-bond acceptors (Lipinski definition) is 1. The molecule has 3 atom stereocenters. The van der Waals surface area contributed by atoms with Gasteiger partial charge in [-0.3, -0.25) is 0 Å². The highest BCUT2D eigenvalue weighted by molar-refractivity contribution is 5.40. The quantitative estimate of drug-likeness (QED) is 0.632. The van der Waals surface area contributed by atoms with Gasteiger partial charge in [0.25, 0.3) is 0 Å². The predicted octanol–water partition coefficient (Wildman–Crippen LogP) is 5.83. The summed E-state index contributed by atoms with van der Waals surface area (Å²) in [6.45, 7) is 2.32. The normalized spacial score (nSPS) is 22.0. The van der Waals surface area contributed by atoms with Gasteiger partial charge in [0.2, 0.25) is 0 Å². The standard InChI is InChI=1S/C24H23FO/c1-16-23(18-8-12-21(26)13-9-18)15-19-4-2-3-5-22(19)24(16)14-17-6-10-20(25)11-7-17/h2-13,16,23-24,26H,14-15H2,1H3. The maximum absolute atomic E-state index is 13.3. The molecule has 3 aromatic carbocycles. The van der Waals surface area contributed by atoms with E-state index in [9.17, 15) is 9.50 Å². The molecule has 3 unspecified atom stereocenters. The first-order valence-corrected chi connectivity index (χ1v) is 9.23. The number of phenols is 1. The molecule has 0 saturated heterocycles. The van der Waals surface area contributed by atoms with E-state index in [-0.39, 0.29) is 5.82 Å². The smallest absolute Gasteiger partial charge is 0.123 e. The Hall–Kier alpha value is -2.61. The molecule has 26 heavy (non-hydrogen) atoms. The fraction of sp³-hybridized carbons (Fsp3) is 0.250. The first kappa shape index (κ1) is 16.8. The fourth-order valence-electron chi connectivity index (χ4n) is 4.38. The molecule has 3 aromatic rings. The zero-order valence-electron chi connectivity index (χ0n) is 14.9. The van der Waals surface area contributed by atoms with Gasteiger partial charge < -0.3 is 5.11 Å². The average molecular weight is 346 g/mol. The molecule has 1 N–H and O–H groups in total. The van der Waals surface area contributed by atoms with Crippen LogP contribution < -0.4 is 0 Å². The van der Waals surface area contributed by atoms with Gasteiger partial charge in [-0.05, 0) is 77.1 Å². The average Bonchev–Trinajstić information content (AvgIpc) is 2.66. The van der Waals surface area contributed by atoms with Gasteiger partial charge in [0.1, 0.15) is 11.6 Å². The molecule has 0 saturated carbocycles. The Morgan fingerprint density at radius 2 is 1.62 bits per heavy atom. The summed E-state index contributed by atoms with van der Waals surface area (Å²) >= 11 is 0. The minimum absolute atomic E-state index is 0.187. The van der Waals surface area contributed by atoms with Crippen LogP contribution >= 0.6 is 0 Å². The highest BCUT2D eigenvalue weighted by Gasteiger charge is 2.34. The third kappa shape index (κ3) is 3.24. The summed E-state index contributed by atoms with van der Waals surface area (Å²) in [6, 6.07) is 23.2. The molecule has 4 rings (SSSR count). The van der Waals surface area contributed by atoms with Crippen molar-refractivity contribution < 1.29 is 9.50 Å². The summed E-state index contributed by atoms with van der Waals surface area (Å²) < 4.78 is 13.3. The van der Waals surface area contributed by atoms with Crippen LogP contribution in [-0.2, 0) is 12.8 Å². The Balaban J connectivity index is 1.70. The summed E-state index contributed by atoms with van der Waals surface area (Å²) in [6.07, 6.45) is 1.93. The first-order chi connectivity index (χ1) is 12.6. The van der Waals surface area contributed by atoms with E-state index in [1.807, 2.05) is 24.3 Å². The van der Waals surface area contributed by atoms with Gasteiger partial charge in [-0.15, -0.1) is 0 Å². The van der Waals surface area contributed by atoms with E-state index in [1.165, 1.54) is 22.3 Å². The lowest BCUT2D eigenvalue weighted by atomic mass is 9.66. The van der Waals surface area contributed by atoms with Crippen molar-refractivity contribution in [2.75, 3.05) is 0 Å². The molecule has 0 amide bonds. The summed E-state index contributed by atoms with van der Waals surface area (Å²) in [5.74, 6) is 1.38. The van der Waals surface area contributed by atoms with Crippen LogP contribution in [0.3, 0.4) is 0 Å². The summed E-state index contributed by atoms with van der Waals surface area (Å²) in [5.41, 5.74) is 5.26. The molecular formula is C24H23FO. The minimum atomic E-state index is -0.187. The van der Waals surface area contributed by atoms with E-state index >= 15 is 0 Å². The molecule has 132 valence electrons. The molecule has 1 aliphatic rings. The summed E-state index contributed by atoms with van der Waals surface area (Å²) in [4.78, 5) is 0. The van der Waals surface area contributed by atoms with Crippen molar-refractivity contribution >= 4 is 0 Å². The Bertz CT molecular complexity index is 883. The van der Waals surface area contributed by atoms with Crippen molar-refractivity contribution in [2.24, 2.45) is 5.92 Å². The lowest BCUT2D eigenvalue weighted by Gasteiger charge is -2.38. The molecule has 0 radical (unpaired) electrons. The highest BCUT2D eigenvalue weighted by Crippen LogP contribution is 2.45. The van der Waals surface area contributed by atoms with Gasteiger partial charge in [0.05, 0.1) is 0 Å². The van der Waals surface area contributed by atoms with Crippen LogP contribution in [0.15, 0.2) is 72.8 Å². The molecule has 0 aromatic heterocycles. The van der Waals surface area contributed by atoms with Crippen LogP contribution in [0.2, 0.25) is 0 Å². The third-order valence-corrected chi connectivity index (χ3v) is 5.85. The van der Waals surface area contributed by atoms with E-state index in [0.717, 1.165) is 12.8 Å². The van der Waals surface area contributed by atoms with Gasteiger partial charge in [-0.1, -0.05) is 55.5 Å². The molecule has 0 aliphatic heterocycles. The van der Waals surface area contributed by atoms with Gasteiger partial charge in [-0.2, -0.15) is 0 Å². The van der Waals surface area contributed by atoms with Crippen LogP contribution in [0.25, 0.3) is 0 Å². The Kier molecular flexibility index (Phi) is 4.50. The number of hydrogen-bond donors (Lipinski definition) is 1. The minimum Gasteiger partial charge on any atom is -0.508 e. The number of fused-ring (bicyclic) bond motifs is 1. The number of rotatable bonds is 3. The number of phenolic OH excluding ortho intramolecular Hbond substituents is 1. The molecule has 0 heterocycles. The first-order valence-electron chi connectivity index (χ1n) is 9.23. The fourth-order valence-corrected chi connectivity index (χ4v) is 4.38. The zero-order chi connectivity index (χ0) is 18.1. The molecule has 2 heteroatoms. The SMILES string of the molecule is CC1C(c2ccc(O)cc2)Cc2ccccc2C1Cc1ccc(F)cc1. The van der Waals surface area contributed by atoms with E-state index in [4.69, 9.17) is 0 Å². The summed E-state index contributed by atoms with van der Waals surface area (Å²) in [7, 11) is 0. The number of halogens is 1. The van der Waals surface area contributed by atoms with Crippen molar-refractivity contribution in [1.29, 1.82) is 0 Å². The van der Waals surface area contributed by atoms with Crippen molar-refractivity contribution in [2.45, 2.75) is 31.6 Å². The highest BCUT2D eigenvalue weighted by atomic mass is 19.1. The maximum Gasteiger partial charge on any atom is 0.123 e.